The highest BCUT2D eigenvalue weighted by Gasteiger charge is 2.42. The summed E-state index contributed by atoms with van der Waals surface area (Å²) in [6.07, 6.45) is 8.14. The molecule has 1 aliphatic carbocycles. The first kappa shape index (κ1) is 15.3. The van der Waals surface area contributed by atoms with E-state index in [1.54, 1.807) is 12.4 Å². The van der Waals surface area contributed by atoms with E-state index in [2.05, 4.69) is 10.1 Å². The van der Waals surface area contributed by atoms with Crippen LogP contribution >= 0.6 is 0 Å². The Kier molecular flexibility index (Phi) is 3.42. The third-order valence-electron chi connectivity index (χ3n) is 5.36. The van der Waals surface area contributed by atoms with Crippen LogP contribution in [-0.4, -0.2) is 21.5 Å². The molecule has 1 saturated carbocycles. The molecule has 5 rings (SSSR count). The average molecular weight is 346 g/mol. The van der Waals surface area contributed by atoms with Crippen LogP contribution in [-0.2, 0) is 0 Å². The predicted molar refractivity (Wildman–Crippen MR) is 95.9 cm³/mol. The van der Waals surface area contributed by atoms with Crippen molar-refractivity contribution in [1.82, 2.24) is 10.1 Å². The number of ketones is 1. The first-order valence-electron chi connectivity index (χ1n) is 8.96. The number of carbonyl (C=O) groups is 1. The molecule has 26 heavy (non-hydrogen) atoms. The van der Waals surface area contributed by atoms with Gasteiger partial charge in [0.25, 0.3) is 0 Å². The van der Waals surface area contributed by atoms with Crippen LogP contribution in [0, 0.1) is 0 Å². The monoisotopic (exact) mass is 346 g/mol. The van der Waals surface area contributed by atoms with Crippen molar-refractivity contribution >= 4 is 5.78 Å². The molecule has 2 aliphatic rings. The first-order chi connectivity index (χ1) is 12.7. The van der Waals surface area contributed by atoms with Crippen molar-refractivity contribution < 1.29 is 14.1 Å². The van der Waals surface area contributed by atoms with E-state index in [0.29, 0.717) is 23.5 Å². The molecule has 3 aromatic rings. The molecule has 1 fully saturated rings. The molecular formula is C21H18N2O3. The lowest BCUT2D eigenvalue weighted by atomic mass is 9.88. The van der Waals surface area contributed by atoms with Crippen molar-refractivity contribution in [3.05, 3.63) is 54.4 Å². The number of hydrogen-bond donors (Lipinski definition) is 0. The second kappa shape index (κ2) is 5.80. The average Bonchev–Trinajstić information content (AvgIpc) is 3.32. The highest BCUT2D eigenvalue weighted by Crippen LogP contribution is 2.43. The minimum absolute atomic E-state index is 0.155. The lowest BCUT2D eigenvalue weighted by molar-refractivity contribution is 0.0451. The van der Waals surface area contributed by atoms with Gasteiger partial charge in [0.2, 0.25) is 0 Å². The number of nitrogens with zero attached hydrogens (tertiary/aromatic N) is 2. The van der Waals surface area contributed by atoms with Crippen LogP contribution < -0.4 is 4.74 Å². The van der Waals surface area contributed by atoms with Crippen molar-refractivity contribution in [3.8, 4) is 28.3 Å². The molecule has 3 heterocycles. The minimum Gasteiger partial charge on any atom is -0.486 e. The molecule has 1 aliphatic heterocycles. The summed E-state index contributed by atoms with van der Waals surface area (Å²) in [6.45, 7) is 0. The van der Waals surface area contributed by atoms with Gasteiger partial charge in [0, 0.05) is 29.6 Å². The molecule has 1 aromatic carbocycles. The summed E-state index contributed by atoms with van der Waals surface area (Å²) < 4.78 is 11.7. The number of pyridine rings is 1. The molecule has 0 radical (unpaired) electrons. The Hall–Kier alpha value is -2.95. The zero-order valence-electron chi connectivity index (χ0n) is 14.3. The number of carbonyl (C=O) groups excluding carboxylic acids is 1. The number of aromatic nitrogens is 2. The first-order valence-corrected chi connectivity index (χ1v) is 8.96. The molecule has 0 amide bonds. The van der Waals surface area contributed by atoms with Crippen LogP contribution in [0.3, 0.4) is 0 Å². The topological polar surface area (TPSA) is 65.2 Å². The third-order valence-corrected chi connectivity index (χ3v) is 5.36. The number of ether oxygens (including phenoxy) is 1. The van der Waals surface area contributed by atoms with Gasteiger partial charge in [0.05, 0.1) is 12.0 Å². The summed E-state index contributed by atoms with van der Waals surface area (Å²) in [5, 5.41) is 4.12. The maximum atomic E-state index is 12.7. The van der Waals surface area contributed by atoms with E-state index in [1.165, 1.54) is 0 Å². The highest BCUT2D eigenvalue weighted by molar-refractivity contribution is 6.01. The Labute approximate surface area is 151 Å². The smallest absolute Gasteiger partial charge is 0.170 e. The maximum absolute atomic E-state index is 12.7. The van der Waals surface area contributed by atoms with Gasteiger partial charge >= 0.3 is 0 Å². The molecular weight excluding hydrogens is 328 g/mol. The summed E-state index contributed by atoms with van der Waals surface area (Å²) in [6, 6.07) is 11.3. The molecule has 0 bridgehead atoms. The van der Waals surface area contributed by atoms with Gasteiger partial charge < -0.3 is 9.26 Å². The molecule has 0 saturated heterocycles. The van der Waals surface area contributed by atoms with Crippen molar-refractivity contribution in [2.45, 2.75) is 37.7 Å². The van der Waals surface area contributed by atoms with E-state index in [9.17, 15) is 4.79 Å². The zero-order chi connectivity index (χ0) is 17.6. The maximum Gasteiger partial charge on any atom is 0.170 e. The SMILES string of the molecule is O=C1CC2(CCCC2)Oc2ccc(-c3cc(-c4cccnc4)no3)cc21. The third kappa shape index (κ3) is 2.51. The fourth-order valence-corrected chi connectivity index (χ4v) is 4.01. The Morgan fingerprint density at radius 1 is 1.04 bits per heavy atom. The molecule has 5 heteroatoms. The number of Topliss-reactive ketones (excluding diaryl/α,β-unsaturated/α-hetero) is 1. The number of benzene rings is 1. The standard InChI is InChI=1S/C21H18N2O3/c24-18-12-21(7-1-2-8-21)25-19-6-5-14(10-16(18)19)20-11-17(23-26-20)15-4-3-9-22-13-15/h3-6,9-11,13H,1-2,7-8,12H2. The van der Waals surface area contributed by atoms with E-state index < -0.39 is 0 Å². The van der Waals surface area contributed by atoms with E-state index in [4.69, 9.17) is 9.26 Å². The fourth-order valence-electron chi connectivity index (χ4n) is 4.01. The number of fused-ring (bicyclic) bond motifs is 1. The van der Waals surface area contributed by atoms with Crippen LogP contribution in [0.4, 0.5) is 0 Å². The fraction of sp³-hybridized carbons (Fsp3) is 0.286. The Bertz CT molecular complexity index is 972. The van der Waals surface area contributed by atoms with Crippen LogP contribution in [0.1, 0.15) is 42.5 Å². The van der Waals surface area contributed by atoms with Gasteiger partial charge in [0.15, 0.2) is 11.5 Å². The summed E-state index contributed by atoms with van der Waals surface area (Å²) in [5.41, 5.74) is 2.80. The molecule has 0 unspecified atom stereocenters. The van der Waals surface area contributed by atoms with Crippen LogP contribution in [0.2, 0.25) is 0 Å². The van der Waals surface area contributed by atoms with Gasteiger partial charge in [-0.25, -0.2) is 0 Å². The van der Waals surface area contributed by atoms with Gasteiger partial charge in [-0.15, -0.1) is 0 Å². The summed E-state index contributed by atoms with van der Waals surface area (Å²) in [7, 11) is 0. The Balaban J connectivity index is 1.48. The van der Waals surface area contributed by atoms with Gasteiger partial charge in [-0.3, -0.25) is 9.78 Å². The Morgan fingerprint density at radius 3 is 2.73 bits per heavy atom. The molecule has 0 atom stereocenters. The van der Waals surface area contributed by atoms with E-state index in [1.807, 2.05) is 36.4 Å². The van der Waals surface area contributed by atoms with E-state index in [-0.39, 0.29) is 11.4 Å². The van der Waals surface area contributed by atoms with Gasteiger partial charge in [-0.2, -0.15) is 0 Å². The number of rotatable bonds is 2. The van der Waals surface area contributed by atoms with E-state index >= 15 is 0 Å². The van der Waals surface area contributed by atoms with Crippen molar-refractivity contribution in [1.29, 1.82) is 0 Å². The lowest BCUT2D eigenvalue weighted by Gasteiger charge is -2.34. The summed E-state index contributed by atoms with van der Waals surface area (Å²) in [4.78, 5) is 16.8. The van der Waals surface area contributed by atoms with Crippen molar-refractivity contribution in [2.75, 3.05) is 0 Å². The largest absolute Gasteiger partial charge is 0.486 e. The summed E-state index contributed by atoms with van der Waals surface area (Å²) >= 11 is 0. The zero-order valence-corrected chi connectivity index (χ0v) is 14.3. The lowest BCUT2D eigenvalue weighted by Crippen LogP contribution is -2.39. The normalized spacial score (nSPS) is 17.9. The quantitative estimate of drug-likeness (QED) is 0.674. The Morgan fingerprint density at radius 2 is 1.92 bits per heavy atom. The molecule has 5 nitrogen and oxygen atoms in total. The van der Waals surface area contributed by atoms with Crippen molar-refractivity contribution in [3.63, 3.8) is 0 Å². The molecule has 2 aromatic heterocycles. The van der Waals surface area contributed by atoms with Crippen LogP contribution in [0.5, 0.6) is 5.75 Å². The van der Waals surface area contributed by atoms with Gasteiger partial charge in [-0.1, -0.05) is 5.16 Å². The summed E-state index contributed by atoms with van der Waals surface area (Å²) in [5.74, 6) is 1.47. The van der Waals surface area contributed by atoms with E-state index in [0.717, 1.165) is 42.5 Å². The van der Waals surface area contributed by atoms with Gasteiger partial charge in [-0.05, 0) is 56.0 Å². The van der Waals surface area contributed by atoms with Gasteiger partial charge in [0.1, 0.15) is 17.0 Å². The second-order valence-corrected chi connectivity index (χ2v) is 7.12. The second-order valence-electron chi connectivity index (χ2n) is 7.12. The molecule has 130 valence electrons. The number of hydrogen-bond acceptors (Lipinski definition) is 5. The van der Waals surface area contributed by atoms with Crippen LogP contribution in [0.25, 0.3) is 22.6 Å². The molecule has 0 N–H and O–H groups in total. The highest BCUT2D eigenvalue weighted by atomic mass is 16.5. The predicted octanol–water partition coefficient (Wildman–Crippen LogP) is 4.68. The molecule has 1 spiro atoms. The van der Waals surface area contributed by atoms with Crippen molar-refractivity contribution in [2.24, 2.45) is 0 Å². The minimum atomic E-state index is -0.273. The van der Waals surface area contributed by atoms with Crippen LogP contribution in [0.15, 0.2) is 53.3 Å².